The minimum atomic E-state index is 0.234. The van der Waals surface area contributed by atoms with Crippen LogP contribution < -0.4 is 10.1 Å². The fourth-order valence-electron chi connectivity index (χ4n) is 2.37. The van der Waals surface area contributed by atoms with Crippen molar-refractivity contribution in [2.45, 2.75) is 32.4 Å². The van der Waals surface area contributed by atoms with Gasteiger partial charge in [0.2, 0.25) is 0 Å². The van der Waals surface area contributed by atoms with Crippen LogP contribution in [-0.4, -0.2) is 37.7 Å². The first kappa shape index (κ1) is 13.4. The highest BCUT2D eigenvalue weighted by Crippen LogP contribution is 2.20. The average molecular weight is 248 g/mol. The summed E-state index contributed by atoms with van der Waals surface area (Å²) in [5, 5.41) is 3.61. The molecular formula is C15H24N2O. The predicted octanol–water partition coefficient (Wildman–Crippen LogP) is 2.44. The van der Waals surface area contributed by atoms with Gasteiger partial charge in [-0.15, -0.1) is 0 Å². The van der Waals surface area contributed by atoms with Crippen molar-refractivity contribution in [1.82, 2.24) is 10.2 Å². The maximum Gasteiger partial charge on any atom is 0.119 e. The summed E-state index contributed by atoms with van der Waals surface area (Å²) in [5.74, 6) is 0.954. The second-order valence-electron chi connectivity index (χ2n) is 5.36. The lowest BCUT2D eigenvalue weighted by Gasteiger charge is -2.21. The zero-order valence-corrected chi connectivity index (χ0v) is 11.6. The van der Waals surface area contributed by atoms with E-state index in [9.17, 15) is 0 Å². The number of hydrogen-bond acceptors (Lipinski definition) is 3. The average Bonchev–Trinajstić information content (AvgIpc) is 2.54. The van der Waals surface area contributed by atoms with Gasteiger partial charge in [-0.25, -0.2) is 0 Å². The molecule has 0 spiro atoms. The van der Waals surface area contributed by atoms with Crippen molar-refractivity contribution in [3.8, 4) is 5.75 Å². The second-order valence-corrected chi connectivity index (χ2v) is 5.36. The number of benzene rings is 1. The molecule has 2 rings (SSSR count). The molecule has 1 aromatic rings. The highest BCUT2D eigenvalue weighted by molar-refractivity contribution is 5.29. The maximum absolute atomic E-state index is 5.67. The third-order valence-corrected chi connectivity index (χ3v) is 3.26. The zero-order chi connectivity index (χ0) is 13.0. The van der Waals surface area contributed by atoms with Crippen LogP contribution in [0.4, 0.5) is 0 Å². The van der Waals surface area contributed by atoms with Crippen LogP contribution in [0.1, 0.15) is 31.9 Å². The molecule has 1 unspecified atom stereocenters. The Morgan fingerprint density at radius 3 is 2.67 bits per heavy atom. The molecule has 1 atom stereocenters. The first-order valence-electron chi connectivity index (χ1n) is 6.83. The molecule has 1 N–H and O–H groups in total. The first-order valence-corrected chi connectivity index (χ1v) is 6.83. The van der Waals surface area contributed by atoms with E-state index in [4.69, 9.17) is 4.74 Å². The van der Waals surface area contributed by atoms with E-state index in [2.05, 4.69) is 55.4 Å². The third-order valence-electron chi connectivity index (χ3n) is 3.26. The Hall–Kier alpha value is -1.06. The van der Waals surface area contributed by atoms with Gasteiger partial charge in [0.05, 0.1) is 6.10 Å². The Bertz CT molecular complexity index is 361. The minimum absolute atomic E-state index is 0.234. The standard InChI is InChI=1S/C15H24N2O/c1-12(2)18-14-7-5-13(6-8-14)15-11-17(3)10-4-9-16-15/h5-8,12,15-16H,4,9-11H2,1-3H3. The van der Waals surface area contributed by atoms with Crippen molar-refractivity contribution in [3.05, 3.63) is 29.8 Å². The van der Waals surface area contributed by atoms with E-state index in [1.54, 1.807) is 0 Å². The molecule has 0 bridgehead atoms. The number of hydrogen-bond donors (Lipinski definition) is 1. The molecule has 3 heteroatoms. The van der Waals surface area contributed by atoms with Crippen molar-refractivity contribution < 1.29 is 4.74 Å². The molecule has 0 aliphatic carbocycles. The monoisotopic (exact) mass is 248 g/mol. The number of nitrogens with one attached hydrogen (secondary N) is 1. The molecule has 1 saturated heterocycles. The van der Waals surface area contributed by atoms with Crippen LogP contribution in [0.3, 0.4) is 0 Å². The van der Waals surface area contributed by atoms with E-state index in [1.165, 1.54) is 18.5 Å². The molecule has 1 aliphatic heterocycles. The van der Waals surface area contributed by atoms with Crippen LogP contribution in [-0.2, 0) is 0 Å². The Morgan fingerprint density at radius 1 is 1.28 bits per heavy atom. The highest BCUT2D eigenvalue weighted by Gasteiger charge is 2.16. The van der Waals surface area contributed by atoms with Gasteiger partial charge in [-0.1, -0.05) is 12.1 Å². The van der Waals surface area contributed by atoms with Gasteiger partial charge in [0.1, 0.15) is 5.75 Å². The van der Waals surface area contributed by atoms with Crippen molar-refractivity contribution >= 4 is 0 Å². The predicted molar refractivity (Wildman–Crippen MR) is 75.1 cm³/mol. The molecule has 1 heterocycles. The van der Waals surface area contributed by atoms with Gasteiger partial charge in [-0.3, -0.25) is 0 Å². The van der Waals surface area contributed by atoms with Crippen LogP contribution in [0.25, 0.3) is 0 Å². The summed E-state index contributed by atoms with van der Waals surface area (Å²) in [5.41, 5.74) is 1.35. The van der Waals surface area contributed by atoms with Crippen molar-refractivity contribution in [2.24, 2.45) is 0 Å². The molecule has 1 fully saturated rings. The smallest absolute Gasteiger partial charge is 0.119 e. The van der Waals surface area contributed by atoms with E-state index in [1.807, 2.05) is 0 Å². The summed E-state index contributed by atoms with van der Waals surface area (Å²) in [6, 6.07) is 8.93. The van der Waals surface area contributed by atoms with Crippen LogP contribution in [0.15, 0.2) is 24.3 Å². The fraction of sp³-hybridized carbons (Fsp3) is 0.600. The van der Waals surface area contributed by atoms with Crippen LogP contribution in [0, 0.1) is 0 Å². The maximum atomic E-state index is 5.67. The Balaban J connectivity index is 2.03. The van der Waals surface area contributed by atoms with Gasteiger partial charge in [0.25, 0.3) is 0 Å². The van der Waals surface area contributed by atoms with E-state index >= 15 is 0 Å². The summed E-state index contributed by atoms with van der Waals surface area (Å²) >= 11 is 0. The molecular weight excluding hydrogens is 224 g/mol. The van der Waals surface area contributed by atoms with E-state index < -0.39 is 0 Å². The van der Waals surface area contributed by atoms with Gasteiger partial charge in [-0.2, -0.15) is 0 Å². The quantitative estimate of drug-likeness (QED) is 0.889. The molecule has 100 valence electrons. The summed E-state index contributed by atoms with van der Waals surface area (Å²) < 4.78 is 5.67. The lowest BCUT2D eigenvalue weighted by atomic mass is 10.1. The number of ether oxygens (including phenoxy) is 1. The number of rotatable bonds is 3. The van der Waals surface area contributed by atoms with Gasteiger partial charge in [0, 0.05) is 12.6 Å². The number of nitrogens with zero attached hydrogens (tertiary/aromatic N) is 1. The molecule has 1 aromatic carbocycles. The summed E-state index contributed by atoms with van der Waals surface area (Å²) in [4.78, 5) is 2.39. The van der Waals surface area contributed by atoms with E-state index in [-0.39, 0.29) is 6.10 Å². The fourth-order valence-corrected chi connectivity index (χ4v) is 2.37. The third kappa shape index (κ3) is 3.72. The van der Waals surface area contributed by atoms with Gasteiger partial charge < -0.3 is 15.0 Å². The normalized spacial score (nSPS) is 21.9. The van der Waals surface area contributed by atoms with Crippen molar-refractivity contribution in [2.75, 3.05) is 26.7 Å². The zero-order valence-electron chi connectivity index (χ0n) is 11.6. The Labute approximate surface area is 110 Å². The van der Waals surface area contributed by atoms with Gasteiger partial charge in [0.15, 0.2) is 0 Å². The summed E-state index contributed by atoms with van der Waals surface area (Å²) in [7, 11) is 2.19. The Kier molecular flexibility index (Phi) is 4.61. The minimum Gasteiger partial charge on any atom is -0.491 e. The van der Waals surface area contributed by atoms with E-state index in [0.29, 0.717) is 6.04 Å². The largest absolute Gasteiger partial charge is 0.491 e. The van der Waals surface area contributed by atoms with Gasteiger partial charge >= 0.3 is 0 Å². The van der Waals surface area contributed by atoms with E-state index in [0.717, 1.165) is 18.8 Å². The lowest BCUT2D eigenvalue weighted by Crippen LogP contribution is -2.28. The van der Waals surface area contributed by atoms with Crippen LogP contribution >= 0.6 is 0 Å². The summed E-state index contributed by atoms with van der Waals surface area (Å²) in [6.07, 6.45) is 1.46. The molecule has 0 aromatic heterocycles. The molecule has 0 saturated carbocycles. The molecule has 0 amide bonds. The lowest BCUT2D eigenvalue weighted by molar-refractivity contribution is 0.242. The summed E-state index contributed by atoms with van der Waals surface area (Å²) in [6.45, 7) is 7.45. The first-order chi connectivity index (χ1) is 8.65. The SMILES string of the molecule is CC(C)Oc1ccc(C2CN(C)CCCN2)cc1. The highest BCUT2D eigenvalue weighted by atomic mass is 16.5. The van der Waals surface area contributed by atoms with Crippen molar-refractivity contribution in [3.63, 3.8) is 0 Å². The van der Waals surface area contributed by atoms with Crippen molar-refractivity contribution in [1.29, 1.82) is 0 Å². The molecule has 3 nitrogen and oxygen atoms in total. The molecule has 1 aliphatic rings. The topological polar surface area (TPSA) is 24.5 Å². The van der Waals surface area contributed by atoms with Crippen LogP contribution in [0.5, 0.6) is 5.75 Å². The van der Waals surface area contributed by atoms with Crippen LogP contribution in [0.2, 0.25) is 0 Å². The molecule has 0 radical (unpaired) electrons. The molecule has 18 heavy (non-hydrogen) atoms. The second kappa shape index (κ2) is 6.21. The Morgan fingerprint density at radius 2 is 2.00 bits per heavy atom. The number of likely N-dealkylation sites (N-methyl/N-ethyl adjacent to an activating group) is 1. The van der Waals surface area contributed by atoms with Gasteiger partial charge in [-0.05, 0) is 58.1 Å².